The molecule has 10 heteroatoms. The Morgan fingerprint density at radius 2 is 1.61 bits per heavy atom. The molecular weight excluding hydrogens is 396 g/mol. The van der Waals surface area contributed by atoms with E-state index in [0.29, 0.717) is 22.2 Å². The summed E-state index contributed by atoms with van der Waals surface area (Å²) in [7, 11) is -3.80. The molecule has 3 rings (SSSR count). The van der Waals surface area contributed by atoms with E-state index in [4.69, 9.17) is 12.2 Å². The van der Waals surface area contributed by atoms with Crippen LogP contribution in [0.3, 0.4) is 0 Å². The zero-order valence-electron chi connectivity index (χ0n) is 15.2. The van der Waals surface area contributed by atoms with Gasteiger partial charge >= 0.3 is 0 Å². The predicted molar refractivity (Wildman–Crippen MR) is 113 cm³/mol. The largest absolute Gasteiger partial charge is 0.332 e. The van der Waals surface area contributed by atoms with Crippen molar-refractivity contribution in [3.63, 3.8) is 0 Å². The van der Waals surface area contributed by atoms with Crippen LogP contribution in [0, 0.1) is 13.8 Å². The Morgan fingerprint density at radius 1 is 0.964 bits per heavy atom. The number of aromatic nitrogens is 3. The molecule has 0 fully saturated rings. The van der Waals surface area contributed by atoms with Crippen molar-refractivity contribution in [1.82, 2.24) is 15.0 Å². The number of hydrogen-bond acceptors (Lipinski definition) is 6. The predicted octanol–water partition coefficient (Wildman–Crippen LogP) is 3.10. The van der Waals surface area contributed by atoms with Gasteiger partial charge in [0.1, 0.15) is 0 Å². The first-order valence-corrected chi connectivity index (χ1v) is 10.1. The fraction of sp³-hybridized carbons (Fsp3) is 0.111. The summed E-state index contributed by atoms with van der Waals surface area (Å²) in [6.07, 6.45) is 3.31. The number of sulfonamides is 1. The Hall–Kier alpha value is -3.11. The molecule has 0 amide bonds. The summed E-state index contributed by atoms with van der Waals surface area (Å²) >= 11 is 5.24. The number of rotatable bonds is 5. The molecular formula is C18H18N6O2S2. The molecule has 0 atom stereocenters. The molecule has 0 aliphatic carbocycles. The maximum atomic E-state index is 12.5. The molecule has 0 unspecified atom stereocenters. The van der Waals surface area contributed by atoms with Crippen LogP contribution in [0.4, 0.5) is 17.3 Å². The lowest BCUT2D eigenvalue weighted by molar-refractivity contribution is 0.601. The lowest BCUT2D eigenvalue weighted by atomic mass is 10.3. The highest BCUT2D eigenvalue weighted by Gasteiger charge is 2.16. The summed E-state index contributed by atoms with van der Waals surface area (Å²) in [6, 6.07) is 11.6. The van der Waals surface area contributed by atoms with Crippen molar-refractivity contribution in [1.29, 1.82) is 0 Å². The van der Waals surface area contributed by atoms with E-state index >= 15 is 0 Å². The summed E-state index contributed by atoms with van der Waals surface area (Å²) < 4.78 is 27.5. The monoisotopic (exact) mass is 414 g/mol. The smallest absolute Gasteiger partial charge is 0.264 e. The van der Waals surface area contributed by atoms with Gasteiger partial charge in [-0.2, -0.15) is 0 Å². The van der Waals surface area contributed by atoms with Crippen LogP contribution in [0.15, 0.2) is 59.8 Å². The molecule has 0 saturated carbocycles. The SMILES string of the molecule is Cc1cc(C)nc(NS(=O)(=O)c2ccc(NC(=S)Nc3cccnc3)cc2)n1. The van der Waals surface area contributed by atoms with E-state index in [2.05, 4.69) is 30.3 Å². The molecule has 28 heavy (non-hydrogen) atoms. The fourth-order valence-electron chi connectivity index (χ4n) is 2.40. The highest BCUT2D eigenvalue weighted by atomic mass is 32.2. The Kier molecular flexibility index (Phi) is 5.81. The highest BCUT2D eigenvalue weighted by Crippen LogP contribution is 2.17. The number of pyridine rings is 1. The van der Waals surface area contributed by atoms with E-state index in [0.717, 1.165) is 5.69 Å². The molecule has 3 aromatic rings. The van der Waals surface area contributed by atoms with Crippen molar-refractivity contribution in [2.45, 2.75) is 18.7 Å². The van der Waals surface area contributed by atoms with Crippen molar-refractivity contribution in [3.05, 3.63) is 66.2 Å². The molecule has 0 saturated heterocycles. The second kappa shape index (κ2) is 8.28. The minimum absolute atomic E-state index is 0.0431. The van der Waals surface area contributed by atoms with Crippen molar-refractivity contribution in [2.75, 3.05) is 15.4 Å². The number of nitrogens with zero attached hydrogens (tertiary/aromatic N) is 3. The van der Waals surface area contributed by atoms with Gasteiger partial charge in [0, 0.05) is 23.3 Å². The topological polar surface area (TPSA) is 109 Å². The van der Waals surface area contributed by atoms with Gasteiger partial charge in [0.15, 0.2) is 5.11 Å². The third-order valence-corrected chi connectivity index (χ3v) is 5.10. The number of hydrogen-bond donors (Lipinski definition) is 3. The van der Waals surface area contributed by atoms with Crippen LogP contribution in [0.5, 0.6) is 0 Å². The van der Waals surface area contributed by atoms with E-state index in [-0.39, 0.29) is 10.8 Å². The number of benzene rings is 1. The van der Waals surface area contributed by atoms with Gasteiger partial charge in [-0.1, -0.05) is 0 Å². The highest BCUT2D eigenvalue weighted by molar-refractivity contribution is 7.92. The standard InChI is InChI=1S/C18H18N6O2S2/c1-12-10-13(2)21-17(20-12)24-28(25,26)16-7-5-14(6-8-16)22-18(27)23-15-4-3-9-19-11-15/h3-11H,1-2H3,(H,20,21,24)(H2,22,23,27). The average Bonchev–Trinajstić information content (AvgIpc) is 2.61. The van der Waals surface area contributed by atoms with E-state index < -0.39 is 10.0 Å². The van der Waals surface area contributed by atoms with Gasteiger partial charge in [0.2, 0.25) is 5.95 Å². The van der Waals surface area contributed by atoms with Gasteiger partial charge in [0.25, 0.3) is 10.0 Å². The lowest BCUT2D eigenvalue weighted by Crippen LogP contribution is -2.19. The molecule has 0 spiro atoms. The summed E-state index contributed by atoms with van der Waals surface area (Å²) in [5.74, 6) is 0.0431. The first-order valence-electron chi connectivity index (χ1n) is 8.25. The second-order valence-corrected chi connectivity index (χ2v) is 8.02. The van der Waals surface area contributed by atoms with Gasteiger partial charge in [-0.05, 0) is 68.5 Å². The third-order valence-electron chi connectivity index (χ3n) is 3.55. The van der Waals surface area contributed by atoms with Crippen molar-refractivity contribution in [3.8, 4) is 0 Å². The van der Waals surface area contributed by atoms with Crippen LogP contribution in [0.2, 0.25) is 0 Å². The van der Waals surface area contributed by atoms with E-state index in [1.807, 2.05) is 6.07 Å². The van der Waals surface area contributed by atoms with Crippen LogP contribution in [0.25, 0.3) is 0 Å². The molecule has 2 aromatic heterocycles. The summed E-state index contributed by atoms with van der Waals surface area (Å²) in [5.41, 5.74) is 2.75. The molecule has 0 radical (unpaired) electrons. The van der Waals surface area contributed by atoms with Gasteiger partial charge in [-0.15, -0.1) is 0 Å². The molecule has 0 aliphatic heterocycles. The van der Waals surface area contributed by atoms with Crippen molar-refractivity contribution < 1.29 is 8.42 Å². The maximum Gasteiger partial charge on any atom is 0.264 e. The summed E-state index contributed by atoms with van der Waals surface area (Å²) in [4.78, 5) is 12.3. The van der Waals surface area contributed by atoms with Crippen LogP contribution >= 0.6 is 12.2 Å². The van der Waals surface area contributed by atoms with Crippen LogP contribution in [-0.2, 0) is 10.0 Å². The van der Waals surface area contributed by atoms with Gasteiger partial charge in [-0.3, -0.25) is 4.98 Å². The van der Waals surface area contributed by atoms with Crippen molar-refractivity contribution >= 4 is 44.7 Å². The average molecular weight is 415 g/mol. The van der Waals surface area contributed by atoms with Crippen LogP contribution < -0.4 is 15.4 Å². The molecule has 0 aliphatic rings. The Morgan fingerprint density at radius 3 is 2.21 bits per heavy atom. The fourth-order valence-corrected chi connectivity index (χ4v) is 3.58. The summed E-state index contributed by atoms with van der Waals surface area (Å²) in [5, 5.41) is 6.34. The number of thiocarbonyl (C=S) groups is 1. The maximum absolute atomic E-state index is 12.5. The summed E-state index contributed by atoms with van der Waals surface area (Å²) in [6.45, 7) is 3.55. The normalized spacial score (nSPS) is 10.9. The quantitative estimate of drug-likeness (QED) is 0.547. The van der Waals surface area contributed by atoms with Gasteiger partial charge < -0.3 is 10.6 Å². The minimum Gasteiger partial charge on any atom is -0.332 e. The van der Waals surface area contributed by atoms with Crippen LogP contribution in [-0.4, -0.2) is 28.5 Å². The molecule has 2 heterocycles. The Bertz CT molecular complexity index is 1070. The number of aryl methyl sites for hydroxylation is 2. The van der Waals surface area contributed by atoms with Gasteiger partial charge in [0.05, 0.1) is 16.8 Å². The second-order valence-electron chi connectivity index (χ2n) is 5.93. The van der Waals surface area contributed by atoms with Crippen LogP contribution in [0.1, 0.15) is 11.4 Å². The van der Waals surface area contributed by atoms with Gasteiger partial charge in [-0.25, -0.2) is 23.1 Å². The van der Waals surface area contributed by atoms with E-state index in [1.54, 1.807) is 50.5 Å². The number of anilines is 3. The Balaban J connectivity index is 1.68. The van der Waals surface area contributed by atoms with E-state index in [9.17, 15) is 8.42 Å². The number of nitrogens with one attached hydrogen (secondary N) is 3. The molecule has 8 nitrogen and oxygen atoms in total. The third kappa shape index (κ3) is 5.21. The lowest BCUT2D eigenvalue weighted by Gasteiger charge is -2.11. The zero-order chi connectivity index (χ0) is 20.1. The molecule has 144 valence electrons. The molecule has 3 N–H and O–H groups in total. The van der Waals surface area contributed by atoms with Crippen molar-refractivity contribution in [2.24, 2.45) is 0 Å². The molecule has 0 bridgehead atoms. The minimum atomic E-state index is -3.80. The van der Waals surface area contributed by atoms with E-state index in [1.165, 1.54) is 12.1 Å². The zero-order valence-corrected chi connectivity index (χ0v) is 16.8. The first kappa shape index (κ1) is 19.6. The first-order chi connectivity index (χ1) is 13.3. The molecule has 1 aromatic carbocycles. The Labute approximate surface area is 168 Å².